The number of aromatic nitrogens is 1. The van der Waals surface area contributed by atoms with Crippen molar-refractivity contribution in [1.29, 1.82) is 0 Å². The molecule has 1 amide bonds. The van der Waals surface area contributed by atoms with Crippen LogP contribution in [0.1, 0.15) is 5.69 Å². The molecule has 0 spiro atoms. The molecule has 3 rings (SSSR count). The molecule has 0 atom stereocenters. The SMILES string of the molecule is CS(=O)(=O)c1ccccc1NC(=O)Cc1csc(-c2cccc(F)c2)n1. The van der Waals surface area contributed by atoms with E-state index < -0.39 is 9.84 Å². The second-order valence-electron chi connectivity index (χ2n) is 5.65. The molecule has 5 nitrogen and oxygen atoms in total. The normalized spacial score (nSPS) is 11.3. The van der Waals surface area contributed by atoms with E-state index >= 15 is 0 Å². The summed E-state index contributed by atoms with van der Waals surface area (Å²) in [6.07, 6.45) is 1.08. The molecule has 3 aromatic rings. The molecule has 0 unspecified atom stereocenters. The van der Waals surface area contributed by atoms with Crippen molar-refractivity contribution in [2.24, 2.45) is 0 Å². The van der Waals surface area contributed by atoms with Gasteiger partial charge in [-0.25, -0.2) is 17.8 Å². The van der Waals surface area contributed by atoms with Gasteiger partial charge in [-0.2, -0.15) is 0 Å². The summed E-state index contributed by atoms with van der Waals surface area (Å²) in [7, 11) is -3.45. The molecule has 0 saturated heterocycles. The third kappa shape index (κ3) is 4.33. The van der Waals surface area contributed by atoms with Crippen LogP contribution >= 0.6 is 11.3 Å². The van der Waals surface area contributed by atoms with Gasteiger partial charge < -0.3 is 5.32 Å². The highest BCUT2D eigenvalue weighted by molar-refractivity contribution is 7.90. The molecule has 1 heterocycles. The first-order valence-electron chi connectivity index (χ1n) is 7.62. The van der Waals surface area contributed by atoms with Crippen molar-refractivity contribution in [1.82, 2.24) is 4.98 Å². The van der Waals surface area contributed by atoms with Crippen LogP contribution in [0.3, 0.4) is 0 Å². The van der Waals surface area contributed by atoms with Crippen molar-refractivity contribution in [3.8, 4) is 10.6 Å². The van der Waals surface area contributed by atoms with E-state index in [9.17, 15) is 17.6 Å². The molecule has 0 aliphatic heterocycles. The molecule has 8 heteroatoms. The van der Waals surface area contributed by atoms with Crippen molar-refractivity contribution in [3.63, 3.8) is 0 Å². The van der Waals surface area contributed by atoms with Crippen LogP contribution in [0.5, 0.6) is 0 Å². The fraction of sp³-hybridized carbons (Fsp3) is 0.111. The van der Waals surface area contributed by atoms with Crippen molar-refractivity contribution in [2.45, 2.75) is 11.3 Å². The predicted octanol–water partition coefficient (Wildman–Crippen LogP) is 3.53. The number of carbonyl (C=O) groups excluding carboxylic acids is 1. The smallest absolute Gasteiger partial charge is 0.230 e. The lowest BCUT2D eigenvalue weighted by Gasteiger charge is -2.09. The number of nitrogens with zero attached hydrogens (tertiary/aromatic N) is 1. The number of benzene rings is 2. The number of hydrogen-bond donors (Lipinski definition) is 1. The summed E-state index contributed by atoms with van der Waals surface area (Å²) >= 11 is 1.31. The molecule has 0 bridgehead atoms. The molecule has 1 N–H and O–H groups in total. The fourth-order valence-electron chi connectivity index (χ4n) is 2.39. The van der Waals surface area contributed by atoms with Gasteiger partial charge in [0.15, 0.2) is 9.84 Å². The molecular weight excluding hydrogens is 375 g/mol. The summed E-state index contributed by atoms with van der Waals surface area (Å²) in [5.41, 5.74) is 1.41. The maximum atomic E-state index is 13.3. The van der Waals surface area contributed by atoms with Gasteiger partial charge in [0.05, 0.1) is 22.7 Å². The minimum atomic E-state index is -3.45. The monoisotopic (exact) mass is 390 g/mol. The number of sulfone groups is 1. The van der Waals surface area contributed by atoms with Gasteiger partial charge in [0.2, 0.25) is 5.91 Å². The number of halogens is 1. The molecule has 0 radical (unpaired) electrons. The highest BCUT2D eigenvalue weighted by Crippen LogP contribution is 2.25. The van der Waals surface area contributed by atoms with E-state index in [1.54, 1.807) is 29.6 Å². The van der Waals surface area contributed by atoms with Crippen LogP contribution < -0.4 is 5.32 Å². The van der Waals surface area contributed by atoms with Crippen LogP contribution in [0, 0.1) is 5.82 Å². The summed E-state index contributed by atoms with van der Waals surface area (Å²) in [4.78, 5) is 16.7. The zero-order valence-electron chi connectivity index (χ0n) is 13.8. The highest BCUT2D eigenvalue weighted by Gasteiger charge is 2.15. The highest BCUT2D eigenvalue weighted by atomic mass is 32.2. The minimum absolute atomic E-state index is 0.0100. The Bertz CT molecular complexity index is 1060. The van der Waals surface area contributed by atoms with E-state index in [1.807, 2.05) is 0 Å². The first-order valence-corrected chi connectivity index (χ1v) is 10.4. The lowest BCUT2D eigenvalue weighted by molar-refractivity contribution is -0.115. The second-order valence-corrected chi connectivity index (χ2v) is 8.49. The van der Waals surface area contributed by atoms with E-state index in [2.05, 4.69) is 10.3 Å². The Balaban J connectivity index is 1.74. The number of nitrogens with one attached hydrogen (secondary N) is 1. The molecule has 0 fully saturated rings. The molecular formula is C18H15FN2O3S2. The van der Waals surface area contributed by atoms with Gasteiger partial charge in [0.1, 0.15) is 10.8 Å². The number of hydrogen-bond acceptors (Lipinski definition) is 5. The summed E-state index contributed by atoms with van der Waals surface area (Å²) in [5, 5.41) is 4.95. The molecule has 0 aliphatic carbocycles. The summed E-state index contributed by atoms with van der Waals surface area (Å²) in [5.74, 6) is -0.730. The van der Waals surface area contributed by atoms with Crippen LogP contribution in [0.4, 0.5) is 10.1 Å². The second kappa shape index (κ2) is 7.35. The maximum absolute atomic E-state index is 13.3. The number of amides is 1. The lowest BCUT2D eigenvalue weighted by Crippen LogP contribution is -2.16. The van der Waals surface area contributed by atoms with E-state index in [4.69, 9.17) is 0 Å². The summed E-state index contributed by atoms with van der Waals surface area (Å²) in [6, 6.07) is 12.3. The third-order valence-corrected chi connectivity index (χ3v) is 5.62. The van der Waals surface area contributed by atoms with Crippen molar-refractivity contribution in [2.75, 3.05) is 11.6 Å². The summed E-state index contributed by atoms with van der Waals surface area (Å²) in [6.45, 7) is 0. The average Bonchev–Trinajstić information content (AvgIpc) is 3.02. The maximum Gasteiger partial charge on any atom is 0.230 e. The van der Waals surface area contributed by atoms with Crippen LogP contribution in [-0.2, 0) is 21.1 Å². The average molecular weight is 390 g/mol. The number of carbonyl (C=O) groups is 1. The Morgan fingerprint density at radius 2 is 1.96 bits per heavy atom. The third-order valence-electron chi connectivity index (χ3n) is 3.53. The lowest BCUT2D eigenvalue weighted by atomic mass is 10.2. The van der Waals surface area contributed by atoms with Gasteiger partial charge in [-0.15, -0.1) is 11.3 Å². The van der Waals surface area contributed by atoms with Gasteiger partial charge in [0.25, 0.3) is 0 Å². The number of thiazole rings is 1. The zero-order valence-corrected chi connectivity index (χ0v) is 15.4. The van der Waals surface area contributed by atoms with Gasteiger partial charge in [-0.1, -0.05) is 24.3 Å². The van der Waals surface area contributed by atoms with E-state index in [1.165, 1.54) is 35.6 Å². The largest absolute Gasteiger partial charge is 0.325 e. The standard InChI is InChI=1S/C18H15FN2O3S2/c1-26(23,24)16-8-3-2-7-15(16)21-17(22)10-14-11-25-18(20-14)12-5-4-6-13(19)9-12/h2-9,11H,10H2,1H3,(H,21,22). The van der Waals surface area contributed by atoms with E-state index in [0.29, 0.717) is 16.3 Å². The molecule has 0 aliphatic rings. The summed E-state index contributed by atoms with van der Waals surface area (Å²) < 4.78 is 36.9. The first kappa shape index (κ1) is 18.2. The molecule has 2 aromatic carbocycles. The first-order chi connectivity index (χ1) is 12.3. The Morgan fingerprint density at radius 1 is 1.19 bits per heavy atom. The fourth-order valence-corrected chi connectivity index (χ4v) is 4.06. The molecule has 26 heavy (non-hydrogen) atoms. The predicted molar refractivity (Wildman–Crippen MR) is 99.4 cm³/mol. The van der Waals surface area contributed by atoms with Crippen molar-refractivity contribution in [3.05, 3.63) is 65.4 Å². The van der Waals surface area contributed by atoms with Crippen molar-refractivity contribution < 1.29 is 17.6 Å². The van der Waals surface area contributed by atoms with Gasteiger partial charge in [-0.3, -0.25) is 4.79 Å². The topological polar surface area (TPSA) is 76.1 Å². The van der Waals surface area contributed by atoms with Crippen LogP contribution in [0.25, 0.3) is 10.6 Å². The molecule has 134 valence electrons. The van der Waals surface area contributed by atoms with E-state index in [-0.39, 0.29) is 28.7 Å². The number of rotatable bonds is 5. The molecule has 1 aromatic heterocycles. The number of para-hydroxylation sites is 1. The van der Waals surface area contributed by atoms with Crippen LogP contribution in [-0.4, -0.2) is 25.6 Å². The Kier molecular flexibility index (Phi) is 5.15. The molecule has 0 saturated carbocycles. The van der Waals surface area contributed by atoms with Crippen LogP contribution in [0.15, 0.2) is 58.8 Å². The van der Waals surface area contributed by atoms with Crippen molar-refractivity contribution >= 4 is 32.8 Å². The van der Waals surface area contributed by atoms with Crippen LogP contribution in [0.2, 0.25) is 0 Å². The van der Waals surface area contributed by atoms with E-state index in [0.717, 1.165) is 6.26 Å². The minimum Gasteiger partial charge on any atom is -0.325 e. The van der Waals surface area contributed by atoms with Gasteiger partial charge in [0, 0.05) is 17.2 Å². The Morgan fingerprint density at radius 3 is 2.69 bits per heavy atom. The Labute approximate surface area is 154 Å². The van der Waals surface area contributed by atoms with Gasteiger partial charge in [-0.05, 0) is 24.3 Å². The quantitative estimate of drug-likeness (QED) is 0.723. The Hall–Kier alpha value is -2.58. The van der Waals surface area contributed by atoms with Gasteiger partial charge >= 0.3 is 0 Å². The zero-order chi connectivity index (χ0) is 18.7. The number of anilines is 1.